The minimum atomic E-state index is 0.0897. The van der Waals surface area contributed by atoms with Crippen molar-refractivity contribution in [3.63, 3.8) is 0 Å². The van der Waals surface area contributed by atoms with E-state index in [9.17, 15) is 0 Å². The zero-order valence-electron chi connectivity index (χ0n) is 15.8. The molecule has 6 nitrogen and oxygen atoms in total. The molecule has 1 aliphatic rings. The van der Waals surface area contributed by atoms with Gasteiger partial charge in [0.05, 0.1) is 6.54 Å². The number of likely N-dealkylation sites (tertiary alicyclic amines) is 1. The maximum Gasteiger partial charge on any atom is 0.194 e. The van der Waals surface area contributed by atoms with Crippen LogP contribution in [0, 0.1) is 5.41 Å². The molecular formula is C19H28N6. The zero-order valence-corrected chi connectivity index (χ0v) is 15.8. The molecule has 3 heterocycles. The van der Waals surface area contributed by atoms with Crippen molar-refractivity contribution in [3.8, 4) is 5.82 Å². The van der Waals surface area contributed by atoms with Gasteiger partial charge >= 0.3 is 0 Å². The van der Waals surface area contributed by atoms with E-state index >= 15 is 0 Å². The van der Waals surface area contributed by atoms with Crippen LogP contribution in [-0.4, -0.2) is 44.3 Å². The van der Waals surface area contributed by atoms with Crippen LogP contribution in [0.1, 0.15) is 40.2 Å². The van der Waals surface area contributed by atoms with Crippen LogP contribution in [0.2, 0.25) is 0 Å². The van der Waals surface area contributed by atoms with E-state index in [4.69, 9.17) is 4.99 Å². The molecular weight excluding hydrogens is 312 g/mol. The largest absolute Gasteiger partial charge is 0.356 e. The van der Waals surface area contributed by atoms with E-state index < -0.39 is 0 Å². The predicted molar refractivity (Wildman–Crippen MR) is 101 cm³/mol. The Morgan fingerprint density at radius 3 is 2.68 bits per heavy atom. The minimum Gasteiger partial charge on any atom is -0.356 e. The van der Waals surface area contributed by atoms with Crippen molar-refractivity contribution < 1.29 is 0 Å². The summed E-state index contributed by atoms with van der Waals surface area (Å²) < 4.78 is 1.76. The third kappa shape index (κ3) is 3.25. The van der Waals surface area contributed by atoms with Crippen molar-refractivity contribution in [2.45, 2.75) is 46.7 Å². The van der Waals surface area contributed by atoms with Gasteiger partial charge in [-0.3, -0.25) is 0 Å². The van der Waals surface area contributed by atoms with Crippen molar-refractivity contribution in [2.24, 2.45) is 10.4 Å². The lowest BCUT2D eigenvalue weighted by Gasteiger charge is -2.62. The highest BCUT2D eigenvalue weighted by Gasteiger charge is 2.53. The van der Waals surface area contributed by atoms with Crippen molar-refractivity contribution in [3.05, 3.63) is 42.4 Å². The molecule has 1 N–H and O–H groups in total. The number of pyridine rings is 1. The summed E-state index contributed by atoms with van der Waals surface area (Å²) in [5, 5.41) is 7.67. The van der Waals surface area contributed by atoms with Crippen LogP contribution in [0.5, 0.6) is 0 Å². The Hall–Kier alpha value is -2.37. The minimum absolute atomic E-state index is 0.0897. The van der Waals surface area contributed by atoms with Crippen LogP contribution in [-0.2, 0) is 6.54 Å². The Labute approximate surface area is 150 Å². The number of nitrogens with zero attached hydrogens (tertiary/aromatic N) is 5. The van der Waals surface area contributed by atoms with Crippen LogP contribution >= 0.6 is 0 Å². The molecule has 0 aromatic carbocycles. The molecule has 0 amide bonds. The SMILES string of the molecule is CCNC(=NCc1ccnc(-n2cccn2)c1)N1CC(C)(C)C1(C)C. The fraction of sp³-hybridized carbons (Fsp3) is 0.526. The van der Waals surface area contributed by atoms with Gasteiger partial charge in [-0.15, -0.1) is 0 Å². The average molecular weight is 340 g/mol. The summed E-state index contributed by atoms with van der Waals surface area (Å²) in [6.07, 6.45) is 5.46. The van der Waals surface area contributed by atoms with Gasteiger partial charge in [-0.25, -0.2) is 14.7 Å². The molecule has 0 atom stereocenters. The fourth-order valence-corrected chi connectivity index (χ4v) is 3.05. The Kier molecular flexibility index (Phi) is 4.54. The van der Waals surface area contributed by atoms with E-state index in [1.807, 2.05) is 30.6 Å². The van der Waals surface area contributed by atoms with Gasteiger partial charge in [-0.05, 0) is 44.5 Å². The first-order chi connectivity index (χ1) is 11.8. The maximum absolute atomic E-state index is 4.86. The zero-order chi connectivity index (χ0) is 18.1. The molecule has 0 saturated carbocycles. The lowest BCUT2D eigenvalue weighted by molar-refractivity contribution is -0.0667. The first-order valence-electron chi connectivity index (χ1n) is 8.86. The Bertz CT molecular complexity index is 745. The van der Waals surface area contributed by atoms with Crippen molar-refractivity contribution >= 4 is 5.96 Å². The molecule has 1 aliphatic heterocycles. The highest BCUT2D eigenvalue weighted by atomic mass is 15.4. The van der Waals surface area contributed by atoms with Gasteiger partial charge in [-0.2, -0.15) is 5.10 Å². The lowest BCUT2D eigenvalue weighted by Crippen LogP contribution is -2.72. The molecule has 6 heteroatoms. The van der Waals surface area contributed by atoms with E-state index in [2.05, 4.69) is 54.9 Å². The van der Waals surface area contributed by atoms with Crippen molar-refractivity contribution in [2.75, 3.05) is 13.1 Å². The molecule has 0 bridgehead atoms. The van der Waals surface area contributed by atoms with Gasteiger partial charge in [0, 0.05) is 42.6 Å². The monoisotopic (exact) mass is 340 g/mol. The van der Waals surface area contributed by atoms with Gasteiger partial charge in [-0.1, -0.05) is 13.8 Å². The summed E-state index contributed by atoms with van der Waals surface area (Å²) in [6.45, 7) is 13.8. The third-order valence-electron chi connectivity index (χ3n) is 5.44. The molecule has 25 heavy (non-hydrogen) atoms. The van der Waals surface area contributed by atoms with Gasteiger partial charge in [0.25, 0.3) is 0 Å². The molecule has 134 valence electrons. The van der Waals surface area contributed by atoms with Crippen molar-refractivity contribution in [1.82, 2.24) is 25.0 Å². The summed E-state index contributed by atoms with van der Waals surface area (Å²) in [5.41, 5.74) is 1.49. The van der Waals surface area contributed by atoms with Gasteiger partial charge in [0.1, 0.15) is 0 Å². The Morgan fingerprint density at radius 2 is 2.08 bits per heavy atom. The number of hydrogen-bond acceptors (Lipinski definition) is 3. The lowest BCUT2D eigenvalue weighted by atomic mass is 9.65. The molecule has 0 radical (unpaired) electrons. The maximum atomic E-state index is 4.86. The molecule has 3 rings (SSSR count). The summed E-state index contributed by atoms with van der Waals surface area (Å²) in [7, 11) is 0. The number of aliphatic imine (C=N–C) groups is 1. The van der Waals surface area contributed by atoms with E-state index in [0.717, 1.165) is 30.4 Å². The number of rotatable bonds is 4. The highest BCUT2D eigenvalue weighted by molar-refractivity contribution is 5.82. The summed E-state index contributed by atoms with van der Waals surface area (Å²) >= 11 is 0. The smallest absolute Gasteiger partial charge is 0.194 e. The second kappa shape index (κ2) is 6.50. The van der Waals surface area contributed by atoms with Gasteiger partial charge in [0.15, 0.2) is 11.8 Å². The molecule has 2 aromatic rings. The first-order valence-corrected chi connectivity index (χ1v) is 8.86. The normalized spacial score (nSPS) is 18.8. The van der Waals surface area contributed by atoms with E-state index in [1.165, 1.54) is 0 Å². The third-order valence-corrected chi connectivity index (χ3v) is 5.44. The summed E-state index contributed by atoms with van der Waals surface area (Å²) in [4.78, 5) is 11.6. The summed E-state index contributed by atoms with van der Waals surface area (Å²) in [6, 6.07) is 5.93. The second-order valence-corrected chi connectivity index (χ2v) is 7.67. The molecule has 0 spiro atoms. The van der Waals surface area contributed by atoms with E-state index in [-0.39, 0.29) is 11.0 Å². The second-order valence-electron chi connectivity index (χ2n) is 7.67. The van der Waals surface area contributed by atoms with Crippen molar-refractivity contribution in [1.29, 1.82) is 0 Å². The first kappa shape index (κ1) is 17.5. The predicted octanol–water partition coefficient (Wildman–Crippen LogP) is 2.85. The Balaban J connectivity index is 1.78. The number of nitrogens with one attached hydrogen (secondary N) is 1. The molecule has 1 fully saturated rings. The van der Waals surface area contributed by atoms with Gasteiger partial charge in [0.2, 0.25) is 0 Å². The number of guanidine groups is 1. The fourth-order valence-electron chi connectivity index (χ4n) is 3.05. The van der Waals surface area contributed by atoms with Crippen LogP contribution < -0.4 is 5.32 Å². The highest BCUT2D eigenvalue weighted by Crippen LogP contribution is 2.46. The topological polar surface area (TPSA) is 58.3 Å². The standard InChI is InChI=1S/C19H28N6/c1-6-20-17(24-14-18(2,3)19(24,4)5)22-13-15-8-10-21-16(12-15)25-11-7-9-23-25/h7-12H,6,13-14H2,1-5H3,(H,20,22). The van der Waals surface area contributed by atoms with Crippen LogP contribution in [0.15, 0.2) is 41.8 Å². The summed E-state index contributed by atoms with van der Waals surface area (Å²) in [5.74, 6) is 1.79. The van der Waals surface area contributed by atoms with E-state index in [0.29, 0.717) is 6.54 Å². The Morgan fingerprint density at radius 1 is 1.28 bits per heavy atom. The molecule has 0 aliphatic carbocycles. The van der Waals surface area contributed by atoms with Crippen LogP contribution in [0.25, 0.3) is 5.82 Å². The quantitative estimate of drug-likeness (QED) is 0.687. The van der Waals surface area contributed by atoms with Crippen LogP contribution in [0.3, 0.4) is 0 Å². The van der Waals surface area contributed by atoms with E-state index in [1.54, 1.807) is 10.9 Å². The average Bonchev–Trinajstić information content (AvgIpc) is 3.12. The number of hydrogen-bond donors (Lipinski definition) is 1. The molecule has 1 saturated heterocycles. The van der Waals surface area contributed by atoms with Crippen LogP contribution in [0.4, 0.5) is 0 Å². The molecule has 0 unspecified atom stereocenters. The van der Waals surface area contributed by atoms with Gasteiger partial charge < -0.3 is 10.2 Å². The number of aromatic nitrogens is 3. The molecule has 2 aromatic heterocycles.